The molecule has 21 heavy (non-hydrogen) atoms. The quantitative estimate of drug-likeness (QED) is 0.945. The molecule has 0 saturated carbocycles. The Morgan fingerprint density at radius 2 is 2.24 bits per heavy atom. The number of tetrazole rings is 1. The lowest BCUT2D eigenvalue weighted by Crippen LogP contribution is -2.35. The number of nitrogens with one attached hydrogen (secondary N) is 1. The van der Waals surface area contributed by atoms with Crippen molar-refractivity contribution in [2.45, 2.75) is 33.2 Å². The number of aromatic nitrogens is 4. The monoisotopic (exact) mass is 303 g/mol. The molecule has 1 aliphatic rings. The van der Waals surface area contributed by atoms with Gasteiger partial charge in [-0.1, -0.05) is 19.9 Å². The highest BCUT2D eigenvalue weighted by Gasteiger charge is 2.28. The highest BCUT2D eigenvalue weighted by Crippen LogP contribution is 2.35. The Kier molecular flexibility index (Phi) is 3.89. The number of nitrogens with zero attached hydrogens (tertiary/aromatic N) is 4. The molecular weight excluding hydrogens is 282 g/mol. The van der Waals surface area contributed by atoms with Crippen molar-refractivity contribution in [2.75, 3.05) is 16.8 Å². The highest BCUT2D eigenvalue weighted by atomic mass is 32.2. The lowest BCUT2D eigenvalue weighted by Gasteiger charge is -2.36. The fourth-order valence-electron chi connectivity index (χ4n) is 2.76. The molecule has 0 aliphatic carbocycles. The van der Waals surface area contributed by atoms with Crippen molar-refractivity contribution in [3.63, 3.8) is 0 Å². The first-order valence-electron chi connectivity index (χ1n) is 7.22. The van der Waals surface area contributed by atoms with Crippen LogP contribution in [0.1, 0.15) is 25.8 Å². The summed E-state index contributed by atoms with van der Waals surface area (Å²) in [6, 6.07) is 6.79. The van der Waals surface area contributed by atoms with Gasteiger partial charge in [-0.05, 0) is 52.6 Å². The first-order chi connectivity index (χ1) is 10.0. The normalized spacial score (nSPS) is 21.2. The molecule has 0 bridgehead atoms. The Morgan fingerprint density at radius 3 is 2.95 bits per heavy atom. The molecule has 0 spiro atoms. The van der Waals surface area contributed by atoms with Crippen LogP contribution in [0.25, 0.3) is 5.69 Å². The van der Waals surface area contributed by atoms with Crippen LogP contribution in [0.15, 0.2) is 24.5 Å². The molecule has 112 valence electrons. The van der Waals surface area contributed by atoms with Crippen molar-refractivity contribution in [3.8, 4) is 5.69 Å². The summed E-state index contributed by atoms with van der Waals surface area (Å²) in [5.41, 5.74) is 3.81. The van der Waals surface area contributed by atoms with Crippen molar-refractivity contribution in [1.29, 1.82) is 0 Å². The summed E-state index contributed by atoms with van der Waals surface area (Å²) in [4.78, 5) is 0. The Morgan fingerprint density at radius 1 is 1.38 bits per heavy atom. The molecule has 3 rings (SSSR count). The summed E-state index contributed by atoms with van der Waals surface area (Å²) in [5.74, 6) is 2.41. The van der Waals surface area contributed by atoms with Gasteiger partial charge in [0.15, 0.2) is 0 Å². The molecule has 1 unspecified atom stereocenters. The maximum absolute atomic E-state index is 3.95. The number of thioether (sulfide) groups is 1. The van der Waals surface area contributed by atoms with E-state index in [1.807, 2.05) is 17.8 Å². The van der Waals surface area contributed by atoms with Gasteiger partial charge in [0.2, 0.25) is 0 Å². The molecule has 1 N–H and O–H groups in total. The Hall–Kier alpha value is -1.56. The van der Waals surface area contributed by atoms with Gasteiger partial charge in [0.1, 0.15) is 6.33 Å². The zero-order valence-electron chi connectivity index (χ0n) is 12.7. The van der Waals surface area contributed by atoms with Crippen LogP contribution in [0.2, 0.25) is 0 Å². The van der Waals surface area contributed by atoms with Crippen molar-refractivity contribution in [3.05, 3.63) is 30.1 Å². The van der Waals surface area contributed by atoms with Gasteiger partial charge in [0, 0.05) is 17.5 Å². The maximum atomic E-state index is 3.95. The summed E-state index contributed by atoms with van der Waals surface area (Å²) in [7, 11) is 0. The number of rotatable bonds is 3. The molecule has 0 radical (unpaired) electrons. The van der Waals surface area contributed by atoms with Crippen LogP contribution >= 0.6 is 11.8 Å². The Bertz CT molecular complexity index is 609. The standard InChI is InChI=1S/C15H21N5S/c1-11-4-5-13(20-10-16-18-19-20)6-14(11)17-12-7-15(2,3)9-21-8-12/h4-6,10,12,17H,7-9H2,1-3H3. The second-order valence-electron chi connectivity index (χ2n) is 6.48. The Labute approximate surface area is 129 Å². The third-order valence-corrected chi connectivity index (χ3v) is 5.43. The minimum atomic E-state index is 0.405. The van der Waals surface area contributed by atoms with Crippen molar-refractivity contribution < 1.29 is 0 Å². The minimum absolute atomic E-state index is 0.405. The topological polar surface area (TPSA) is 55.6 Å². The minimum Gasteiger partial charge on any atom is -0.381 e. The fourth-order valence-corrected chi connectivity index (χ4v) is 4.04. The molecule has 6 heteroatoms. The summed E-state index contributed by atoms with van der Waals surface area (Å²) >= 11 is 2.04. The molecule has 2 aromatic rings. The van der Waals surface area contributed by atoms with Gasteiger partial charge in [-0.2, -0.15) is 11.8 Å². The average molecular weight is 303 g/mol. The van der Waals surface area contributed by atoms with Crippen molar-refractivity contribution in [2.24, 2.45) is 5.41 Å². The van der Waals surface area contributed by atoms with Crippen molar-refractivity contribution in [1.82, 2.24) is 20.2 Å². The molecule has 1 aromatic heterocycles. The van der Waals surface area contributed by atoms with Gasteiger partial charge in [0.25, 0.3) is 0 Å². The number of benzene rings is 1. The van der Waals surface area contributed by atoms with E-state index >= 15 is 0 Å². The summed E-state index contributed by atoms with van der Waals surface area (Å²) in [6.07, 6.45) is 2.82. The number of hydrogen-bond acceptors (Lipinski definition) is 5. The van der Waals surface area contributed by atoms with E-state index in [0.29, 0.717) is 11.5 Å². The molecule has 1 aromatic carbocycles. The Balaban J connectivity index is 1.80. The highest BCUT2D eigenvalue weighted by molar-refractivity contribution is 7.99. The van der Waals surface area contributed by atoms with Crippen LogP contribution in [0.4, 0.5) is 5.69 Å². The lowest BCUT2D eigenvalue weighted by atomic mass is 9.87. The third-order valence-electron chi connectivity index (χ3n) is 3.81. The second kappa shape index (κ2) is 5.67. The predicted molar refractivity (Wildman–Crippen MR) is 87.0 cm³/mol. The van der Waals surface area contributed by atoms with Crippen LogP contribution in [-0.2, 0) is 0 Å². The third kappa shape index (κ3) is 3.37. The van der Waals surface area contributed by atoms with Gasteiger partial charge in [0.05, 0.1) is 5.69 Å². The van der Waals surface area contributed by atoms with Crippen LogP contribution < -0.4 is 5.32 Å². The molecule has 5 nitrogen and oxygen atoms in total. The molecule has 1 aliphatic heterocycles. The molecule has 1 fully saturated rings. The molecular formula is C15H21N5S. The largest absolute Gasteiger partial charge is 0.381 e. The van der Waals surface area contributed by atoms with Crippen LogP contribution in [0.3, 0.4) is 0 Å². The van der Waals surface area contributed by atoms with E-state index in [-0.39, 0.29) is 0 Å². The van der Waals surface area contributed by atoms with E-state index in [1.54, 1.807) is 11.0 Å². The first kappa shape index (κ1) is 14.4. The van der Waals surface area contributed by atoms with E-state index < -0.39 is 0 Å². The molecule has 2 heterocycles. The van der Waals surface area contributed by atoms with Crippen LogP contribution in [0.5, 0.6) is 0 Å². The first-order valence-corrected chi connectivity index (χ1v) is 8.37. The molecule has 0 amide bonds. The van der Waals surface area contributed by atoms with Crippen LogP contribution in [-0.4, -0.2) is 37.8 Å². The van der Waals surface area contributed by atoms with Gasteiger partial charge >= 0.3 is 0 Å². The van der Waals surface area contributed by atoms with E-state index in [9.17, 15) is 0 Å². The van der Waals surface area contributed by atoms with Crippen LogP contribution in [0, 0.1) is 12.3 Å². The summed E-state index contributed by atoms with van der Waals surface area (Å²) < 4.78 is 1.68. The van der Waals surface area contributed by atoms with Gasteiger partial charge in [-0.3, -0.25) is 0 Å². The number of hydrogen-bond donors (Lipinski definition) is 1. The SMILES string of the molecule is Cc1ccc(-n2cnnn2)cc1NC1CSCC(C)(C)C1. The van der Waals surface area contributed by atoms with E-state index in [2.05, 4.69) is 53.7 Å². The van der Waals surface area contributed by atoms with E-state index in [1.165, 1.54) is 23.4 Å². The number of aryl methyl sites for hydroxylation is 1. The average Bonchev–Trinajstić information content (AvgIpc) is 2.94. The smallest absolute Gasteiger partial charge is 0.143 e. The second-order valence-corrected chi connectivity index (χ2v) is 7.51. The fraction of sp³-hybridized carbons (Fsp3) is 0.533. The summed E-state index contributed by atoms with van der Waals surface area (Å²) in [6.45, 7) is 6.82. The van der Waals surface area contributed by atoms with Gasteiger partial charge in [-0.25, -0.2) is 4.68 Å². The predicted octanol–water partition coefficient (Wildman–Crippen LogP) is 2.91. The summed E-state index contributed by atoms with van der Waals surface area (Å²) in [5, 5.41) is 15.0. The zero-order valence-corrected chi connectivity index (χ0v) is 13.5. The van der Waals surface area contributed by atoms with E-state index in [4.69, 9.17) is 0 Å². The molecule has 1 atom stereocenters. The van der Waals surface area contributed by atoms with Gasteiger partial charge in [-0.15, -0.1) is 5.10 Å². The molecule has 1 saturated heterocycles. The van der Waals surface area contributed by atoms with E-state index in [0.717, 1.165) is 11.4 Å². The maximum Gasteiger partial charge on any atom is 0.143 e. The van der Waals surface area contributed by atoms with Crippen molar-refractivity contribution >= 4 is 17.4 Å². The van der Waals surface area contributed by atoms with Gasteiger partial charge < -0.3 is 5.32 Å². The lowest BCUT2D eigenvalue weighted by molar-refractivity contribution is 0.358. The zero-order chi connectivity index (χ0) is 14.9. The number of anilines is 1.